The Morgan fingerprint density at radius 3 is 2.81 bits per heavy atom. The molecule has 9 nitrogen and oxygen atoms in total. The van der Waals surface area contributed by atoms with Crippen LogP contribution >= 0.6 is 0 Å². The first-order chi connectivity index (χ1) is 15.5. The Morgan fingerprint density at radius 1 is 1.25 bits per heavy atom. The first-order valence-electron chi connectivity index (χ1n) is 10.8. The summed E-state index contributed by atoms with van der Waals surface area (Å²) in [7, 11) is 1.78. The van der Waals surface area contributed by atoms with Crippen LogP contribution < -0.4 is 10.2 Å². The monoisotopic (exact) mass is 439 g/mol. The van der Waals surface area contributed by atoms with Gasteiger partial charge < -0.3 is 24.3 Å². The smallest absolute Gasteiger partial charge is 0.275 e. The Balaban J connectivity index is 1.16. The van der Waals surface area contributed by atoms with Crippen molar-refractivity contribution in [3.63, 3.8) is 0 Å². The van der Waals surface area contributed by atoms with Crippen LogP contribution in [0.4, 0.5) is 15.9 Å². The van der Waals surface area contributed by atoms with Gasteiger partial charge in [0.1, 0.15) is 11.5 Å². The number of hydrogen-bond donors (Lipinski definition) is 1. The van der Waals surface area contributed by atoms with Crippen LogP contribution in [0, 0.1) is 18.7 Å². The number of imidazole rings is 1. The number of anilines is 2. The molecule has 0 aromatic carbocycles. The summed E-state index contributed by atoms with van der Waals surface area (Å²) in [4.78, 5) is 29.9. The van der Waals surface area contributed by atoms with Gasteiger partial charge in [-0.1, -0.05) is 0 Å². The van der Waals surface area contributed by atoms with E-state index in [0.717, 1.165) is 45.0 Å². The lowest BCUT2D eigenvalue weighted by Crippen LogP contribution is -2.51. The lowest BCUT2D eigenvalue weighted by molar-refractivity contribution is 0.102. The quantitative estimate of drug-likeness (QED) is 0.628. The second kappa shape index (κ2) is 8.44. The van der Waals surface area contributed by atoms with Crippen LogP contribution in [-0.2, 0) is 4.74 Å². The van der Waals surface area contributed by atoms with E-state index in [1.54, 1.807) is 37.0 Å². The molecule has 1 unspecified atom stereocenters. The van der Waals surface area contributed by atoms with Crippen LogP contribution in [-0.4, -0.2) is 76.1 Å². The predicted octanol–water partition coefficient (Wildman–Crippen LogP) is 1.98. The molecule has 0 aliphatic carbocycles. The van der Waals surface area contributed by atoms with Crippen LogP contribution in [0.3, 0.4) is 0 Å². The number of fused-ring (bicyclic) bond motifs is 1. The second-order valence-corrected chi connectivity index (χ2v) is 8.58. The standard InChI is InChI=1S/C22H26FN7O2/c1-14-8-30-12-16(5-18(23)21(30)26-14)27-22(31)19-6-25-20(7-24-19)29-10-15(11-29)9-28-4-3-17(13-28)32-2/h5-8,12,15,17H,3-4,9-11,13H2,1-2H3,(H,27,31). The summed E-state index contributed by atoms with van der Waals surface area (Å²) < 4.78 is 21.2. The molecular formula is C22H26FN7O2. The van der Waals surface area contributed by atoms with Gasteiger partial charge in [0.15, 0.2) is 11.5 Å². The molecule has 32 heavy (non-hydrogen) atoms. The topological polar surface area (TPSA) is 87.9 Å². The van der Waals surface area contributed by atoms with Crippen molar-refractivity contribution in [2.45, 2.75) is 19.4 Å². The number of aromatic nitrogens is 4. The van der Waals surface area contributed by atoms with Crippen molar-refractivity contribution in [2.24, 2.45) is 5.92 Å². The number of rotatable bonds is 6. The number of ether oxygens (including phenoxy) is 1. The van der Waals surface area contributed by atoms with Crippen LogP contribution in [0.15, 0.2) is 30.9 Å². The fourth-order valence-corrected chi connectivity index (χ4v) is 4.44. The Morgan fingerprint density at radius 2 is 2.09 bits per heavy atom. The molecule has 10 heteroatoms. The van der Waals surface area contributed by atoms with Gasteiger partial charge >= 0.3 is 0 Å². The van der Waals surface area contributed by atoms with Gasteiger partial charge in [0, 0.05) is 64.2 Å². The normalized spacial score (nSPS) is 19.5. The lowest BCUT2D eigenvalue weighted by Gasteiger charge is -2.41. The van der Waals surface area contributed by atoms with Crippen LogP contribution in [0.5, 0.6) is 0 Å². The summed E-state index contributed by atoms with van der Waals surface area (Å²) in [5, 5.41) is 2.67. The Bertz CT molecular complexity index is 1130. The molecular weight excluding hydrogens is 413 g/mol. The third-order valence-corrected chi connectivity index (χ3v) is 6.12. The van der Waals surface area contributed by atoms with Crippen molar-refractivity contribution in [2.75, 3.05) is 50.1 Å². The minimum Gasteiger partial charge on any atom is -0.380 e. The van der Waals surface area contributed by atoms with Gasteiger partial charge in [-0.15, -0.1) is 0 Å². The molecule has 2 aliphatic heterocycles. The fraction of sp³-hybridized carbons (Fsp3) is 0.455. The zero-order chi connectivity index (χ0) is 22.2. The maximum Gasteiger partial charge on any atom is 0.275 e. The molecule has 168 valence electrons. The maximum atomic E-state index is 14.2. The molecule has 0 bridgehead atoms. The van der Waals surface area contributed by atoms with E-state index in [2.05, 4.69) is 30.1 Å². The van der Waals surface area contributed by atoms with Gasteiger partial charge in [-0.05, 0) is 13.3 Å². The summed E-state index contributed by atoms with van der Waals surface area (Å²) in [5.41, 5.74) is 1.42. The van der Waals surface area contributed by atoms with E-state index in [0.29, 0.717) is 23.4 Å². The molecule has 1 amide bonds. The van der Waals surface area contributed by atoms with Gasteiger partial charge in [0.05, 0.1) is 29.9 Å². The SMILES string of the molecule is COC1CCN(CC2CN(c3cnc(C(=O)Nc4cc(F)c5nc(C)cn5c4)cn3)C2)C1. The number of nitrogens with one attached hydrogen (secondary N) is 1. The molecule has 0 saturated carbocycles. The first kappa shape index (κ1) is 20.8. The molecule has 3 aromatic heterocycles. The highest BCUT2D eigenvalue weighted by molar-refractivity contribution is 6.02. The van der Waals surface area contributed by atoms with Gasteiger partial charge in [0.2, 0.25) is 0 Å². The lowest BCUT2D eigenvalue weighted by atomic mass is 10.00. The van der Waals surface area contributed by atoms with Crippen molar-refractivity contribution < 1.29 is 13.9 Å². The highest BCUT2D eigenvalue weighted by Gasteiger charge is 2.32. The number of likely N-dealkylation sites (tertiary alicyclic amines) is 1. The number of amides is 1. The van der Waals surface area contributed by atoms with E-state index in [9.17, 15) is 9.18 Å². The van der Waals surface area contributed by atoms with E-state index in [1.165, 1.54) is 12.3 Å². The molecule has 0 radical (unpaired) electrons. The number of aryl methyl sites for hydroxylation is 1. The highest BCUT2D eigenvalue weighted by atomic mass is 19.1. The highest BCUT2D eigenvalue weighted by Crippen LogP contribution is 2.24. The Hall–Kier alpha value is -3.11. The zero-order valence-electron chi connectivity index (χ0n) is 18.2. The van der Waals surface area contributed by atoms with E-state index in [-0.39, 0.29) is 11.3 Å². The molecule has 5 heterocycles. The largest absolute Gasteiger partial charge is 0.380 e. The van der Waals surface area contributed by atoms with Gasteiger partial charge in [-0.25, -0.2) is 19.3 Å². The number of halogens is 1. The number of methoxy groups -OCH3 is 1. The number of pyridine rings is 1. The van der Waals surface area contributed by atoms with Crippen molar-refractivity contribution >= 4 is 23.1 Å². The summed E-state index contributed by atoms with van der Waals surface area (Å²) in [5.74, 6) is 0.418. The third kappa shape index (κ3) is 4.15. The molecule has 2 aliphatic rings. The summed E-state index contributed by atoms with van der Waals surface area (Å²) in [6, 6.07) is 1.25. The van der Waals surface area contributed by atoms with Crippen molar-refractivity contribution in [1.29, 1.82) is 0 Å². The summed E-state index contributed by atoms with van der Waals surface area (Å²) in [6.45, 7) is 6.81. The summed E-state index contributed by atoms with van der Waals surface area (Å²) >= 11 is 0. The molecule has 1 atom stereocenters. The third-order valence-electron chi connectivity index (χ3n) is 6.12. The molecule has 0 spiro atoms. The van der Waals surface area contributed by atoms with Crippen LogP contribution in [0.1, 0.15) is 22.6 Å². The molecule has 2 fully saturated rings. The molecule has 2 saturated heterocycles. The summed E-state index contributed by atoms with van der Waals surface area (Å²) in [6.07, 6.45) is 7.85. The second-order valence-electron chi connectivity index (χ2n) is 8.58. The molecule has 1 N–H and O–H groups in total. The van der Waals surface area contributed by atoms with E-state index in [1.807, 2.05) is 0 Å². The van der Waals surface area contributed by atoms with Crippen molar-refractivity contribution in [1.82, 2.24) is 24.3 Å². The molecule has 3 aromatic rings. The van der Waals surface area contributed by atoms with Crippen LogP contribution in [0.25, 0.3) is 5.65 Å². The minimum absolute atomic E-state index is 0.177. The average Bonchev–Trinajstić information content (AvgIpc) is 3.36. The van der Waals surface area contributed by atoms with Gasteiger partial charge in [-0.3, -0.25) is 4.79 Å². The number of nitrogens with zero attached hydrogens (tertiary/aromatic N) is 6. The Kier molecular flexibility index (Phi) is 5.48. The van der Waals surface area contributed by atoms with Gasteiger partial charge in [0.25, 0.3) is 5.91 Å². The fourth-order valence-electron chi connectivity index (χ4n) is 4.44. The number of hydrogen-bond acceptors (Lipinski definition) is 7. The molecule has 5 rings (SSSR count). The van der Waals surface area contributed by atoms with Gasteiger partial charge in [-0.2, -0.15) is 0 Å². The van der Waals surface area contributed by atoms with Crippen LogP contribution in [0.2, 0.25) is 0 Å². The number of carbonyl (C=O) groups excluding carboxylic acids is 1. The Labute approximate surface area is 185 Å². The maximum absolute atomic E-state index is 14.2. The predicted molar refractivity (Wildman–Crippen MR) is 117 cm³/mol. The average molecular weight is 439 g/mol. The van der Waals surface area contributed by atoms with E-state index in [4.69, 9.17) is 4.74 Å². The van der Waals surface area contributed by atoms with E-state index < -0.39 is 11.7 Å². The first-order valence-corrected chi connectivity index (χ1v) is 10.8. The van der Waals surface area contributed by atoms with E-state index >= 15 is 0 Å². The zero-order valence-corrected chi connectivity index (χ0v) is 18.2. The van der Waals surface area contributed by atoms with Crippen molar-refractivity contribution in [3.8, 4) is 0 Å². The number of carbonyl (C=O) groups is 1. The minimum atomic E-state index is -0.503. The van der Waals surface area contributed by atoms with Crippen molar-refractivity contribution in [3.05, 3.63) is 48.1 Å².